The highest BCUT2D eigenvalue weighted by molar-refractivity contribution is 5.76. The number of aliphatic hydroxyl groups is 1. The number of pyridine rings is 1. The van der Waals surface area contributed by atoms with E-state index in [2.05, 4.69) is 22.3 Å². The van der Waals surface area contributed by atoms with Gasteiger partial charge in [0.2, 0.25) is 5.91 Å². The Morgan fingerprint density at radius 1 is 1.04 bits per heavy atom. The van der Waals surface area contributed by atoms with Crippen LogP contribution in [-0.2, 0) is 11.3 Å². The highest BCUT2D eigenvalue weighted by atomic mass is 16.3. The molecule has 1 aromatic carbocycles. The van der Waals surface area contributed by atoms with Gasteiger partial charge in [-0.3, -0.25) is 4.79 Å². The Hall–Kier alpha value is -2.20. The van der Waals surface area contributed by atoms with E-state index in [9.17, 15) is 9.90 Å². The molecule has 0 unspecified atom stereocenters. The van der Waals surface area contributed by atoms with Gasteiger partial charge in [-0.25, -0.2) is 4.57 Å². The average Bonchev–Trinajstić information content (AvgIpc) is 2.62. The van der Waals surface area contributed by atoms with Gasteiger partial charge in [0.1, 0.15) is 6.54 Å². The first-order valence-corrected chi connectivity index (χ1v) is 8.63. The fraction of sp³-hybridized carbons (Fsp3) is 0.400. The van der Waals surface area contributed by atoms with Crippen LogP contribution in [0.15, 0.2) is 60.9 Å². The molecule has 0 aliphatic rings. The second-order valence-electron chi connectivity index (χ2n) is 6.14. The van der Waals surface area contributed by atoms with E-state index in [4.69, 9.17) is 0 Å². The Labute approximate surface area is 144 Å². The number of rotatable bonds is 9. The lowest BCUT2D eigenvalue weighted by atomic mass is 10.0. The molecule has 0 aliphatic carbocycles. The number of carbonyl (C=O) groups excluding carboxylic acids is 1. The molecule has 4 nitrogen and oxygen atoms in total. The van der Waals surface area contributed by atoms with Crippen LogP contribution >= 0.6 is 0 Å². The monoisotopic (exact) mass is 327 g/mol. The first-order valence-electron chi connectivity index (χ1n) is 8.63. The SMILES string of the molecule is C[C@@H](NC(=O)CCCCC[n+]1ccccc1)[C@H](O)c1ccccc1. The van der Waals surface area contributed by atoms with E-state index in [-0.39, 0.29) is 11.9 Å². The van der Waals surface area contributed by atoms with Gasteiger partial charge in [-0.15, -0.1) is 0 Å². The molecule has 2 aromatic rings. The van der Waals surface area contributed by atoms with Crippen LogP contribution in [0.4, 0.5) is 0 Å². The third kappa shape index (κ3) is 6.13. The molecule has 1 aromatic heterocycles. The molecule has 0 radical (unpaired) electrons. The Morgan fingerprint density at radius 3 is 2.42 bits per heavy atom. The van der Waals surface area contributed by atoms with Crippen molar-refractivity contribution in [3.63, 3.8) is 0 Å². The molecule has 2 N–H and O–H groups in total. The summed E-state index contributed by atoms with van der Waals surface area (Å²) in [5.74, 6) is 0.00449. The number of hydrogen-bond acceptors (Lipinski definition) is 2. The summed E-state index contributed by atoms with van der Waals surface area (Å²) in [6.07, 6.45) is 6.89. The van der Waals surface area contributed by atoms with Crippen LogP contribution in [-0.4, -0.2) is 17.1 Å². The van der Waals surface area contributed by atoms with E-state index in [1.54, 1.807) is 0 Å². The van der Waals surface area contributed by atoms with E-state index < -0.39 is 6.10 Å². The normalized spacial score (nSPS) is 13.2. The largest absolute Gasteiger partial charge is 0.386 e. The molecule has 0 aliphatic heterocycles. The predicted molar refractivity (Wildman–Crippen MR) is 94.1 cm³/mol. The molecule has 1 amide bonds. The Morgan fingerprint density at radius 2 is 1.71 bits per heavy atom. The minimum absolute atomic E-state index is 0.00449. The summed E-state index contributed by atoms with van der Waals surface area (Å²) < 4.78 is 2.15. The molecule has 0 bridgehead atoms. The van der Waals surface area contributed by atoms with Crippen LogP contribution in [0.3, 0.4) is 0 Å². The van der Waals surface area contributed by atoms with Crippen molar-refractivity contribution in [2.24, 2.45) is 0 Å². The van der Waals surface area contributed by atoms with Crippen LogP contribution in [0.1, 0.15) is 44.3 Å². The number of hydrogen-bond donors (Lipinski definition) is 2. The summed E-state index contributed by atoms with van der Waals surface area (Å²) in [6.45, 7) is 2.81. The van der Waals surface area contributed by atoms with Gasteiger partial charge in [-0.1, -0.05) is 36.4 Å². The number of nitrogens with zero attached hydrogens (tertiary/aromatic N) is 1. The van der Waals surface area contributed by atoms with Crippen LogP contribution < -0.4 is 9.88 Å². The van der Waals surface area contributed by atoms with E-state index in [1.165, 1.54) is 0 Å². The summed E-state index contributed by atoms with van der Waals surface area (Å²) in [4.78, 5) is 12.0. The Bertz CT molecular complexity index is 602. The van der Waals surface area contributed by atoms with Crippen LogP contribution in [0, 0.1) is 0 Å². The Kier molecular flexibility index (Phi) is 7.43. The number of amides is 1. The van der Waals surface area contributed by atoms with Crippen molar-refractivity contribution in [2.75, 3.05) is 0 Å². The standard InChI is InChI=1S/C20H26N2O2/c1-17(20(24)18-11-5-2-6-12-18)21-19(23)13-7-3-8-14-22-15-9-4-10-16-22/h2,4-6,9-12,15-17,20,24H,3,7-8,13-14H2,1H3/p+1/t17-,20+/m1/s1. The zero-order chi connectivity index (χ0) is 17.2. The molecule has 0 saturated carbocycles. The number of nitrogens with one attached hydrogen (secondary N) is 1. The summed E-state index contributed by atoms with van der Waals surface area (Å²) in [5, 5.41) is 13.1. The lowest BCUT2D eigenvalue weighted by molar-refractivity contribution is -0.697. The van der Waals surface area contributed by atoms with E-state index in [0.29, 0.717) is 6.42 Å². The molecule has 0 saturated heterocycles. The van der Waals surface area contributed by atoms with Gasteiger partial charge in [0.15, 0.2) is 12.4 Å². The minimum atomic E-state index is -0.676. The summed E-state index contributed by atoms with van der Waals surface area (Å²) >= 11 is 0. The van der Waals surface area contributed by atoms with Gasteiger partial charge in [-0.2, -0.15) is 0 Å². The zero-order valence-electron chi connectivity index (χ0n) is 14.3. The molecule has 128 valence electrons. The maximum absolute atomic E-state index is 12.0. The fourth-order valence-electron chi connectivity index (χ4n) is 2.68. The second kappa shape index (κ2) is 9.83. The lowest BCUT2D eigenvalue weighted by Crippen LogP contribution is -2.37. The molecule has 1 heterocycles. The van der Waals surface area contributed by atoms with E-state index >= 15 is 0 Å². The minimum Gasteiger partial charge on any atom is -0.386 e. The lowest BCUT2D eigenvalue weighted by Gasteiger charge is -2.20. The fourth-order valence-corrected chi connectivity index (χ4v) is 2.68. The van der Waals surface area contributed by atoms with Gasteiger partial charge in [0, 0.05) is 25.0 Å². The predicted octanol–water partition coefficient (Wildman–Crippen LogP) is 2.77. The van der Waals surface area contributed by atoms with Gasteiger partial charge in [0.25, 0.3) is 0 Å². The molecule has 2 atom stereocenters. The van der Waals surface area contributed by atoms with E-state index in [0.717, 1.165) is 31.4 Å². The van der Waals surface area contributed by atoms with Crippen LogP contribution in [0.25, 0.3) is 0 Å². The van der Waals surface area contributed by atoms with Crippen molar-refractivity contribution >= 4 is 5.91 Å². The molecular formula is C20H27N2O2+. The van der Waals surface area contributed by atoms with Crippen molar-refractivity contribution in [1.82, 2.24) is 5.32 Å². The summed E-state index contributed by atoms with van der Waals surface area (Å²) in [5.41, 5.74) is 0.824. The van der Waals surface area contributed by atoms with Gasteiger partial charge >= 0.3 is 0 Å². The molecule has 4 heteroatoms. The second-order valence-corrected chi connectivity index (χ2v) is 6.14. The quantitative estimate of drug-likeness (QED) is 0.550. The highest BCUT2D eigenvalue weighted by Gasteiger charge is 2.17. The Balaban J connectivity index is 1.62. The number of aryl methyl sites for hydroxylation is 1. The van der Waals surface area contributed by atoms with Crippen molar-refractivity contribution < 1.29 is 14.5 Å². The van der Waals surface area contributed by atoms with Crippen molar-refractivity contribution in [3.05, 3.63) is 66.5 Å². The number of carbonyl (C=O) groups is 1. The van der Waals surface area contributed by atoms with Crippen LogP contribution in [0.5, 0.6) is 0 Å². The summed E-state index contributed by atoms with van der Waals surface area (Å²) in [7, 11) is 0. The topological polar surface area (TPSA) is 53.2 Å². The molecule has 0 fully saturated rings. The third-order valence-corrected chi connectivity index (χ3v) is 4.10. The van der Waals surface area contributed by atoms with Gasteiger partial charge in [0.05, 0.1) is 12.1 Å². The van der Waals surface area contributed by atoms with E-state index in [1.807, 2.05) is 55.5 Å². The van der Waals surface area contributed by atoms with Crippen molar-refractivity contribution in [2.45, 2.75) is 51.3 Å². The smallest absolute Gasteiger partial charge is 0.220 e. The van der Waals surface area contributed by atoms with Crippen molar-refractivity contribution in [3.8, 4) is 0 Å². The first-order chi connectivity index (χ1) is 11.7. The maximum atomic E-state index is 12.0. The van der Waals surface area contributed by atoms with Crippen LogP contribution in [0.2, 0.25) is 0 Å². The molecule has 0 spiro atoms. The number of unbranched alkanes of at least 4 members (excludes halogenated alkanes) is 2. The number of aromatic nitrogens is 1. The third-order valence-electron chi connectivity index (χ3n) is 4.10. The maximum Gasteiger partial charge on any atom is 0.220 e. The average molecular weight is 327 g/mol. The zero-order valence-corrected chi connectivity index (χ0v) is 14.3. The summed E-state index contributed by atoms with van der Waals surface area (Å²) in [6, 6.07) is 15.2. The highest BCUT2D eigenvalue weighted by Crippen LogP contribution is 2.16. The first kappa shape index (κ1) is 18.1. The number of aliphatic hydroxyl groups excluding tert-OH is 1. The van der Waals surface area contributed by atoms with Gasteiger partial charge in [-0.05, 0) is 25.3 Å². The van der Waals surface area contributed by atoms with Gasteiger partial charge < -0.3 is 10.4 Å². The molecule has 24 heavy (non-hydrogen) atoms. The van der Waals surface area contributed by atoms with Crippen molar-refractivity contribution in [1.29, 1.82) is 0 Å². The molecular weight excluding hydrogens is 300 g/mol. The molecule has 2 rings (SSSR count). The number of benzene rings is 1.